The van der Waals surface area contributed by atoms with E-state index in [1.807, 2.05) is 0 Å². The molecule has 0 bridgehead atoms. The molecular formula is C23H22ClFN4O5. The number of carbonyl (C=O) groups excluding carboxylic acids is 3. The Morgan fingerprint density at radius 2 is 2.03 bits per heavy atom. The minimum atomic E-state index is -2.25. The third-order valence-electron chi connectivity index (χ3n) is 5.46. The monoisotopic (exact) mass is 488 g/mol. The molecule has 2 heterocycles. The van der Waals surface area contributed by atoms with Crippen LogP contribution in [0.1, 0.15) is 18.9 Å². The van der Waals surface area contributed by atoms with Gasteiger partial charge in [-0.05, 0) is 48.9 Å². The fourth-order valence-corrected chi connectivity index (χ4v) is 4.04. The average molecular weight is 489 g/mol. The maximum absolute atomic E-state index is 13.5. The van der Waals surface area contributed by atoms with Crippen LogP contribution in [0.4, 0.5) is 14.9 Å². The number of ether oxygens (including phenoxy) is 1. The summed E-state index contributed by atoms with van der Waals surface area (Å²) < 4.78 is 18.7. The first-order chi connectivity index (χ1) is 16.2. The first-order valence-corrected chi connectivity index (χ1v) is 10.9. The summed E-state index contributed by atoms with van der Waals surface area (Å²) in [6.07, 6.45) is -0.709. The van der Waals surface area contributed by atoms with E-state index < -0.39 is 29.3 Å². The van der Waals surface area contributed by atoms with Gasteiger partial charge in [-0.3, -0.25) is 9.59 Å². The molecular weight excluding hydrogens is 467 g/mol. The van der Waals surface area contributed by atoms with Crippen LogP contribution in [0.5, 0.6) is 5.88 Å². The van der Waals surface area contributed by atoms with E-state index in [2.05, 4.69) is 15.6 Å². The minimum Gasteiger partial charge on any atom is -0.393 e. The number of rotatable bonds is 6. The van der Waals surface area contributed by atoms with E-state index >= 15 is 0 Å². The predicted molar refractivity (Wildman–Crippen MR) is 123 cm³/mol. The molecule has 0 radical (unpaired) electrons. The van der Waals surface area contributed by atoms with Crippen molar-refractivity contribution in [3.8, 4) is 5.88 Å². The number of carbonyl (C=O) groups is 3. The Bertz CT molecular complexity index is 1260. The van der Waals surface area contributed by atoms with E-state index in [0.717, 1.165) is 6.07 Å². The van der Waals surface area contributed by atoms with Crippen molar-refractivity contribution in [2.45, 2.75) is 25.5 Å². The van der Waals surface area contributed by atoms with Gasteiger partial charge in [0.15, 0.2) is 0 Å². The summed E-state index contributed by atoms with van der Waals surface area (Å²) in [5, 5.41) is 16.7. The Balaban J connectivity index is 1.47. The molecule has 9 nitrogen and oxygen atoms in total. The smallest absolute Gasteiger partial charge is 0.393 e. The molecule has 0 saturated carbocycles. The van der Waals surface area contributed by atoms with Crippen LogP contribution in [0, 0.1) is 5.82 Å². The molecule has 1 aromatic heterocycles. The van der Waals surface area contributed by atoms with Crippen LogP contribution >= 0.6 is 11.6 Å². The van der Waals surface area contributed by atoms with Crippen molar-refractivity contribution in [2.24, 2.45) is 0 Å². The standard InChI is InChI=1S/C23H22ClFN4O5/c1-2-26-22(32)34-19-10-14-9-17(3-4-18(14)28-19)29-6-5-23(33,21(29)31)20(30)27-12-13-7-15(24)11-16(25)8-13/h3-4,7-11,28,33H,2,5-6,12H2,1H3,(H,26,32)(H,27,30)/t23-/m1/s1. The van der Waals surface area contributed by atoms with Crippen LogP contribution in [0.15, 0.2) is 42.5 Å². The molecule has 34 heavy (non-hydrogen) atoms. The van der Waals surface area contributed by atoms with Crippen LogP contribution in [0.25, 0.3) is 10.9 Å². The zero-order valence-electron chi connectivity index (χ0n) is 18.2. The Morgan fingerprint density at radius 3 is 2.76 bits per heavy atom. The highest BCUT2D eigenvalue weighted by Crippen LogP contribution is 2.32. The summed E-state index contributed by atoms with van der Waals surface area (Å²) >= 11 is 5.82. The van der Waals surface area contributed by atoms with Crippen LogP contribution in [0.3, 0.4) is 0 Å². The zero-order chi connectivity index (χ0) is 24.5. The molecule has 178 valence electrons. The molecule has 0 spiro atoms. The van der Waals surface area contributed by atoms with E-state index in [0.29, 0.717) is 28.7 Å². The average Bonchev–Trinajstić information content (AvgIpc) is 3.31. The van der Waals surface area contributed by atoms with E-state index in [9.17, 15) is 23.9 Å². The van der Waals surface area contributed by atoms with Crippen LogP contribution in [0.2, 0.25) is 5.02 Å². The SMILES string of the molecule is CCNC(=O)Oc1cc2cc(N3CC[C@@](O)(C(=O)NCc4cc(F)cc(Cl)c4)C3=O)ccc2[nH]1. The van der Waals surface area contributed by atoms with Gasteiger partial charge in [-0.25, -0.2) is 9.18 Å². The van der Waals surface area contributed by atoms with Crippen molar-refractivity contribution in [1.82, 2.24) is 15.6 Å². The van der Waals surface area contributed by atoms with Gasteiger partial charge in [0, 0.05) is 53.7 Å². The zero-order valence-corrected chi connectivity index (χ0v) is 18.9. The number of H-pyrrole nitrogens is 1. The fraction of sp³-hybridized carbons (Fsp3) is 0.261. The Labute approximate surface area is 198 Å². The molecule has 1 aliphatic heterocycles. The van der Waals surface area contributed by atoms with Gasteiger partial charge in [0.25, 0.3) is 11.8 Å². The van der Waals surface area contributed by atoms with E-state index in [-0.39, 0.29) is 30.4 Å². The topological polar surface area (TPSA) is 124 Å². The van der Waals surface area contributed by atoms with Crippen molar-refractivity contribution in [3.63, 3.8) is 0 Å². The fourth-order valence-electron chi connectivity index (χ4n) is 3.80. The van der Waals surface area contributed by atoms with Crippen molar-refractivity contribution >= 4 is 46.1 Å². The first kappa shape index (κ1) is 23.5. The van der Waals surface area contributed by atoms with Gasteiger partial charge >= 0.3 is 6.09 Å². The number of aromatic nitrogens is 1. The number of hydrogen-bond acceptors (Lipinski definition) is 5. The number of amides is 3. The molecule has 4 N–H and O–H groups in total. The van der Waals surface area contributed by atoms with Gasteiger partial charge < -0.3 is 30.4 Å². The number of fused-ring (bicyclic) bond motifs is 1. The van der Waals surface area contributed by atoms with Gasteiger partial charge in [0.1, 0.15) is 5.82 Å². The highest BCUT2D eigenvalue weighted by Gasteiger charge is 2.51. The lowest BCUT2D eigenvalue weighted by Gasteiger charge is -2.22. The van der Waals surface area contributed by atoms with E-state index in [1.54, 1.807) is 31.2 Å². The second kappa shape index (κ2) is 9.32. The van der Waals surface area contributed by atoms with Gasteiger partial charge in [-0.1, -0.05) is 11.6 Å². The Hall–Kier alpha value is -3.63. The summed E-state index contributed by atoms with van der Waals surface area (Å²) in [6.45, 7) is 2.21. The number of aliphatic hydroxyl groups is 1. The van der Waals surface area contributed by atoms with Crippen LogP contribution < -0.4 is 20.3 Å². The number of nitrogens with zero attached hydrogens (tertiary/aromatic N) is 1. The van der Waals surface area contributed by atoms with Gasteiger partial charge in [-0.15, -0.1) is 0 Å². The highest BCUT2D eigenvalue weighted by molar-refractivity contribution is 6.30. The lowest BCUT2D eigenvalue weighted by Crippen LogP contribution is -2.52. The van der Waals surface area contributed by atoms with Gasteiger partial charge in [0.2, 0.25) is 11.5 Å². The van der Waals surface area contributed by atoms with Crippen molar-refractivity contribution in [3.05, 3.63) is 58.9 Å². The quantitative estimate of drug-likeness (QED) is 0.397. The predicted octanol–water partition coefficient (Wildman–Crippen LogP) is 2.85. The molecule has 0 unspecified atom stereocenters. The third-order valence-corrected chi connectivity index (χ3v) is 5.68. The number of halogens is 2. The number of hydrogen-bond donors (Lipinski definition) is 4. The molecule has 0 aliphatic carbocycles. The second-order valence-electron chi connectivity index (χ2n) is 7.85. The van der Waals surface area contributed by atoms with Crippen LogP contribution in [-0.2, 0) is 16.1 Å². The normalized spacial score (nSPS) is 17.8. The largest absolute Gasteiger partial charge is 0.413 e. The van der Waals surface area contributed by atoms with Crippen molar-refractivity contribution < 1.29 is 28.6 Å². The molecule has 1 atom stereocenters. The van der Waals surface area contributed by atoms with Crippen LogP contribution in [-0.4, -0.2) is 46.7 Å². The summed E-state index contributed by atoms with van der Waals surface area (Å²) in [5.41, 5.74) is -0.706. The van der Waals surface area contributed by atoms with Gasteiger partial charge in [0.05, 0.1) is 0 Å². The third kappa shape index (κ3) is 4.68. The molecule has 2 aromatic carbocycles. The van der Waals surface area contributed by atoms with E-state index in [4.69, 9.17) is 16.3 Å². The summed E-state index contributed by atoms with van der Waals surface area (Å²) in [4.78, 5) is 41.6. The second-order valence-corrected chi connectivity index (χ2v) is 8.29. The van der Waals surface area contributed by atoms with Crippen molar-refractivity contribution in [2.75, 3.05) is 18.0 Å². The summed E-state index contributed by atoms with van der Waals surface area (Å²) in [6, 6.07) is 10.5. The summed E-state index contributed by atoms with van der Waals surface area (Å²) in [7, 11) is 0. The lowest BCUT2D eigenvalue weighted by atomic mass is 10.0. The highest BCUT2D eigenvalue weighted by atomic mass is 35.5. The molecule has 4 rings (SSSR count). The molecule has 1 saturated heterocycles. The number of nitrogens with one attached hydrogen (secondary N) is 3. The van der Waals surface area contributed by atoms with Gasteiger partial charge in [-0.2, -0.15) is 0 Å². The Kier molecular flexibility index (Phi) is 6.45. The molecule has 3 aromatic rings. The van der Waals surface area contributed by atoms with Crippen molar-refractivity contribution in [1.29, 1.82) is 0 Å². The number of anilines is 1. The summed E-state index contributed by atoms with van der Waals surface area (Å²) in [5.74, 6) is -1.96. The first-order valence-electron chi connectivity index (χ1n) is 10.6. The molecule has 3 amide bonds. The van der Waals surface area contributed by atoms with E-state index in [1.165, 1.54) is 17.0 Å². The molecule has 1 aliphatic rings. The number of benzene rings is 2. The molecule has 1 fully saturated rings. The maximum Gasteiger partial charge on any atom is 0.413 e. The number of aromatic amines is 1. The molecule has 11 heteroatoms. The Morgan fingerprint density at radius 1 is 1.24 bits per heavy atom. The minimum absolute atomic E-state index is 0.102. The lowest BCUT2D eigenvalue weighted by molar-refractivity contribution is -0.149. The maximum atomic E-state index is 13.5.